The number of amides is 1. The highest BCUT2D eigenvalue weighted by Crippen LogP contribution is 2.29. The number of piperazine rings is 1. The van der Waals surface area contributed by atoms with Gasteiger partial charge in [-0.05, 0) is 30.8 Å². The first-order valence-electron chi connectivity index (χ1n) is 10.4. The first-order valence-corrected chi connectivity index (χ1v) is 10.4. The van der Waals surface area contributed by atoms with Crippen molar-refractivity contribution < 1.29 is 4.79 Å². The Balaban J connectivity index is 1.43. The SMILES string of the molecule is CCN1CCN(C(=O)C(C)N2CC=C(c3cncc4ccccc34)CC2)CC1. The van der Waals surface area contributed by atoms with E-state index in [1.165, 1.54) is 21.9 Å². The van der Waals surface area contributed by atoms with E-state index in [4.69, 9.17) is 0 Å². The number of rotatable bonds is 4. The second kappa shape index (κ2) is 8.41. The molecule has 148 valence electrons. The van der Waals surface area contributed by atoms with Crippen molar-refractivity contribution in [3.63, 3.8) is 0 Å². The molecule has 4 rings (SSSR count). The van der Waals surface area contributed by atoms with Crippen molar-refractivity contribution in [2.75, 3.05) is 45.8 Å². The molecule has 0 saturated carbocycles. The third-order valence-corrected chi connectivity index (χ3v) is 6.29. The lowest BCUT2D eigenvalue weighted by Crippen LogP contribution is -2.54. The molecule has 1 aromatic carbocycles. The number of carbonyl (C=O) groups is 1. The molecule has 0 radical (unpaired) electrons. The smallest absolute Gasteiger partial charge is 0.239 e. The van der Waals surface area contributed by atoms with E-state index >= 15 is 0 Å². The minimum absolute atomic E-state index is 0.0587. The molecule has 0 bridgehead atoms. The maximum absolute atomic E-state index is 13.0. The monoisotopic (exact) mass is 378 g/mol. The largest absolute Gasteiger partial charge is 0.339 e. The fourth-order valence-electron chi connectivity index (χ4n) is 4.36. The van der Waals surface area contributed by atoms with Crippen molar-refractivity contribution in [1.82, 2.24) is 19.7 Å². The molecule has 0 aliphatic carbocycles. The van der Waals surface area contributed by atoms with Gasteiger partial charge in [0, 0.05) is 62.6 Å². The number of pyridine rings is 1. The Kier molecular flexibility index (Phi) is 5.74. The van der Waals surface area contributed by atoms with E-state index in [-0.39, 0.29) is 11.9 Å². The van der Waals surface area contributed by atoms with Crippen molar-refractivity contribution in [3.8, 4) is 0 Å². The summed E-state index contributed by atoms with van der Waals surface area (Å²) in [7, 11) is 0. The fraction of sp³-hybridized carbons (Fsp3) is 0.478. The van der Waals surface area contributed by atoms with Gasteiger partial charge in [-0.25, -0.2) is 0 Å². The standard InChI is InChI=1S/C23H30N4O/c1-3-25-12-14-27(15-13-25)23(28)18(2)26-10-8-19(9-11-26)22-17-24-16-20-6-4-5-7-21(20)22/h4-8,16-18H,3,9-15H2,1-2H3. The van der Waals surface area contributed by atoms with Crippen LogP contribution in [0, 0.1) is 0 Å². The summed E-state index contributed by atoms with van der Waals surface area (Å²) in [5.41, 5.74) is 2.57. The minimum atomic E-state index is -0.0587. The molecule has 2 aliphatic rings. The molecule has 5 heteroatoms. The fourth-order valence-corrected chi connectivity index (χ4v) is 4.36. The van der Waals surface area contributed by atoms with E-state index in [0.29, 0.717) is 0 Å². The van der Waals surface area contributed by atoms with Crippen LogP contribution in [0.1, 0.15) is 25.8 Å². The Morgan fingerprint density at radius 3 is 2.61 bits per heavy atom. The number of carbonyl (C=O) groups excluding carboxylic acids is 1. The van der Waals surface area contributed by atoms with Gasteiger partial charge < -0.3 is 9.80 Å². The Morgan fingerprint density at radius 2 is 1.89 bits per heavy atom. The van der Waals surface area contributed by atoms with E-state index in [1.54, 1.807) is 0 Å². The van der Waals surface area contributed by atoms with E-state index < -0.39 is 0 Å². The summed E-state index contributed by atoms with van der Waals surface area (Å²) in [6, 6.07) is 8.36. The normalized spacial score (nSPS) is 20.2. The van der Waals surface area contributed by atoms with Crippen molar-refractivity contribution in [2.45, 2.75) is 26.3 Å². The van der Waals surface area contributed by atoms with Crippen LogP contribution in [0.3, 0.4) is 0 Å². The maximum Gasteiger partial charge on any atom is 0.239 e. The van der Waals surface area contributed by atoms with Gasteiger partial charge in [-0.2, -0.15) is 0 Å². The number of benzene rings is 1. The Hall–Kier alpha value is -2.24. The van der Waals surface area contributed by atoms with Crippen LogP contribution in [0.4, 0.5) is 0 Å². The van der Waals surface area contributed by atoms with Crippen molar-refractivity contribution >= 4 is 22.3 Å². The van der Waals surface area contributed by atoms with Gasteiger partial charge in [-0.3, -0.25) is 14.7 Å². The molecule has 5 nitrogen and oxygen atoms in total. The highest BCUT2D eigenvalue weighted by atomic mass is 16.2. The zero-order chi connectivity index (χ0) is 19.5. The predicted molar refractivity (Wildman–Crippen MR) is 114 cm³/mol. The molecule has 1 atom stereocenters. The zero-order valence-electron chi connectivity index (χ0n) is 17.0. The first kappa shape index (κ1) is 19.1. The van der Waals surface area contributed by atoms with Crippen molar-refractivity contribution in [3.05, 3.63) is 48.3 Å². The van der Waals surface area contributed by atoms with Crippen LogP contribution < -0.4 is 0 Å². The van der Waals surface area contributed by atoms with Crippen LogP contribution in [-0.4, -0.2) is 77.4 Å². The Labute approximate surface area is 167 Å². The van der Waals surface area contributed by atoms with Crippen LogP contribution in [0.2, 0.25) is 0 Å². The molecule has 0 N–H and O–H groups in total. The van der Waals surface area contributed by atoms with Crippen LogP contribution in [0.15, 0.2) is 42.7 Å². The third kappa shape index (κ3) is 3.82. The van der Waals surface area contributed by atoms with Crippen molar-refractivity contribution in [1.29, 1.82) is 0 Å². The molecular weight excluding hydrogens is 348 g/mol. The molecule has 3 heterocycles. The minimum Gasteiger partial charge on any atom is -0.339 e. The lowest BCUT2D eigenvalue weighted by molar-refractivity contribution is -0.138. The molecule has 1 unspecified atom stereocenters. The summed E-state index contributed by atoms with van der Waals surface area (Å²) in [5, 5.41) is 2.44. The average molecular weight is 379 g/mol. The number of aromatic nitrogens is 1. The van der Waals surface area contributed by atoms with Gasteiger partial charge in [0.15, 0.2) is 0 Å². The summed E-state index contributed by atoms with van der Waals surface area (Å²) >= 11 is 0. The van der Waals surface area contributed by atoms with Gasteiger partial charge in [-0.1, -0.05) is 37.3 Å². The number of hydrogen-bond donors (Lipinski definition) is 0. The lowest BCUT2D eigenvalue weighted by atomic mass is 9.95. The van der Waals surface area contributed by atoms with E-state index in [0.717, 1.165) is 52.2 Å². The molecule has 2 aliphatic heterocycles. The lowest BCUT2D eigenvalue weighted by Gasteiger charge is -2.38. The van der Waals surface area contributed by atoms with Crippen LogP contribution >= 0.6 is 0 Å². The van der Waals surface area contributed by atoms with Gasteiger partial charge in [0.25, 0.3) is 0 Å². The van der Waals surface area contributed by atoms with Gasteiger partial charge in [0.1, 0.15) is 0 Å². The van der Waals surface area contributed by atoms with Gasteiger partial charge in [0.2, 0.25) is 5.91 Å². The quantitative estimate of drug-likeness (QED) is 0.820. The van der Waals surface area contributed by atoms with Gasteiger partial charge in [0.05, 0.1) is 6.04 Å². The van der Waals surface area contributed by atoms with Gasteiger partial charge in [-0.15, -0.1) is 0 Å². The van der Waals surface area contributed by atoms with E-state index in [2.05, 4.69) is 59.0 Å². The maximum atomic E-state index is 13.0. The average Bonchev–Trinajstić information content (AvgIpc) is 2.78. The molecule has 0 spiro atoms. The van der Waals surface area contributed by atoms with Crippen molar-refractivity contribution in [2.24, 2.45) is 0 Å². The third-order valence-electron chi connectivity index (χ3n) is 6.29. The number of likely N-dealkylation sites (N-methyl/N-ethyl adjacent to an activating group) is 1. The first-order chi connectivity index (χ1) is 13.7. The predicted octanol–water partition coefficient (Wildman–Crippen LogP) is 2.88. The summed E-state index contributed by atoms with van der Waals surface area (Å²) in [6.45, 7) is 10.7. The summed E-state index contributed by atoms with van der Waals surface area (Å²) in [4.78, 5) is 24.1. The molecule has 1 fully saturated rings. The number of fused-ring (bicyclic) bond motifs is 1. The highest BCUT2D eigenvalue weighted by Gasteiger charge is 2.29. The second-order valence-electron chi connectivity index (χ2n) is 7.82. The summed E-state index contributed by atoms with van der Waals surface area (Å²) < 4.78 is 0. The Morgan fingerprint density at radius 1 is 1.11 bits per heavy atom. The van der Waals surface area contributed by atoms with Gasteiger partial charge >= 0.3 is 0 Å². The zero-order valence-corrected chi connectivity index (χ0v) is 17.0. The second-order valence-corrected chi connectivity index (χ2v) is 7.82. The van der Waals surface area contributed by atoms with E-state index in [9.17, 15) is 4.79 Å². The Bertz CT molecular complexity index is 865. The summed E-state index contributed by atoms with van der Waals surface area (Å²) in [6.07, 6.45) is 7.14. The highest BCUT2D eigenvalue weighted by molar-refractivity contribution is 5.93. The molecule has 1 saturated heterocycles. The number of nitrogens with zero attached hydrogens (tertiary/aromatic N) is 4. The van der Waals surface area contributed by atoms with Crippen LogP contribution in [0.5, 0.6) is 0 Å². The van der Waals surface area contributed by atoms with Crippen LogP contribution in [-0.2, 0) is 4.79 Å². The van der Waals surface area contributed by atoms with E-state index in [1.807, 2.05) is 17.3 Å². The molecular formula is C23H30N4O. The molecule has 28 heavy (non-hydrogen) atoms. The molecule has 2 aromatic rings. The number of hydrogen-bond acceptors (Lipinski definition) is 4. The topological polar surface area (TPSA) is 39.7 Å². The molecule has 1 amide bonds. The molecule has 1 aromatic heterocycles. The van der Waals surface area contributed by atoms with Crippen LogP contribution in [0.25, 0.3) is 16.3 Å². The summed E-state index contributed by atoms with van der Waals surface area (Å²) in [5.74, 6) is 0.277.